The molecule has 2 rings (SSSR count). The van der Waals surface area contributed by atoms with Crippen LogP contribution in [0, 0.1) is 22.7 Å². The average molecular weight is 296 g/mol. The maximum absolute atomic E-state index is 9.22. The van der Waals surface area contributed by atoms with Gasteiger partial charge in [-0.05, 0) is 18.2 Å². The fraction of sp³-hybridized carbons (Fsp3) is 0.333. The second-order valence-electron chi connectivity index (χ2n) is 5.00. The fourth-order valence-electron chi connectivity index (χ4n) is 2.19. The molecule has 0 aliphatic heterocycles. The number of nitrogens with one attached hydrogen (secondary N) is 1. The number of anilines is 1. The Morgan fingerprint density at radius 3 is 2.73 bits per heavy atom. The van der Waals surface area contributed by atoms with Crippen molar-refractivity contribution in [3.63, 3.8) is 0 Å². The standard InChI is InChI=1S/C15H16N6O/c1-10(2)15-18-13-7-11(19-20-12(8-16)9-17)3-4-14(13)21(15)5-6-22/h3-4,7,10,19,22H,5-6H2,1-2H3. The average Bonchev–Trinajstić information content (AvgIpc) is 2.87. The SMILES string of the molecule is CC(C)c1nc2cc(NN=C(C#N)C#N)ccc2n1CCO. The van der Waals surface area contributed by atoms with Crippen molar-refractivity contribution in [2.24, 2.45) is 5.10 Å². The molecule has 22 heavy (non-hydrogen) atoms. The lowest BCUT2D eigenvalue weighted by Crippen LogP contribution is -2.08. The summed E-state index contributed by atoms with van der Waals surface area (Å²) in [7, 11) is 0. The molecule has 7 heteroatoms. The molecule has 0 saturated carbocycles. The first-order valence-corrected chi connectivity index (χ1v) is 6.85. The summed E-state index contributed by atoms with van der Waals surface area (Å²) >= 11 is 0. The Morgan fingerprint density at radius 2 is 2.14 bits per heavy atom. The third-order valence-corrected chi connectivity index (χ3v) is 3.13. The van der Waals surface area contributed by atoms with E-state index in [1.807, 2.05) is 24.5 Å². The van der Waals surface area contributed by atoms with Gasteiger partial charge in [0.1, 0.15) is 18.0 Å². The van der Waals surface area contributed by atoms with Gasteiger partial charge in [0.2, 0.25) is 5.71 Å². The summed E-state index contributed by atoms with van der Waals surface area (Å²) in [4.78, 5) is 4.59. The van der Waals surface area contributed by atoms with Crippen LogP contribution < -0.4 is 5.43 Å². The molecule has 0 saturated heterocycles. The second-order valence-corrected chi connectivity index (χ2v) is 5.00. The van der Waals surface area contributed by atoms with Crippen LogP contribution in [0.15, 0.2) is 23.3 Å². The highest BCUT2D eigenvalue weighted by Crippen LogP contribution is 2.24. The number of hydrogen-bond acceptors (Lipinski definition) is 6. The van der Waals surface area contributed by atoms with Gasteiger partial charge in [0.15, 0.2) is 0 Å². The van der Waals surface area contributed by atoms with Crippen LogP contribution in [0.1, 0.15) is 25.6 Å². The lowest BCUT2D eigenvalue weighted by molar-refractivity contribution is 0.275. The Morgan fingerprint density at radius 1 is 1.41 bits per heavy atom. The predicted octanol–water partition coefficient (Wildman–Crippen LogP) is 1.97. The second kappa shape index (κ2) is 6.70. The van der Waals surface area contributed by atoms with Crippen LogP contribution in [-0.2, 0) is 6.54 Å². The fourth-order valence-corrected chi connectivity index (χ4v) is 2.19. The van der Waals surface area contributed by atoms with Crippen LogP contribution in [0.4, 0.5) is 5.69 Å². The van der Waals surface area contributed by atoms with Crippen molar-refractivity contribution in [2.45, 2.75) is 26.3 Å². The van der Waals surface area contributed by atoms with Crippen molar-refractivity contribution in [3.05, 3.63) is 24.0 Å². The number of rotatable bonds is 5. The predicted molar refractivity (Wildman–Crippen MR) is 83.2 cm³/mol. The largest absolute Gasteiger partial charge is 0.395 e. The summed E-state index contributed by atoms with van der Waals surface area (Å²) in [6.45, 7) is 4.63. The molecule has 1 aromatic carbocycles. The zero-order valence-corrected chi connectivity index (χ0v) is 12.4. The lowest BCUT2D eigenvalue weighted by Gasteiger charge is -2.09. The van der Waals surface area contributed by atoms with Gasteiger partial charge in [-0.25, -0.2) is 4.98 Å². The number of aromatic nitrogens is 2. The molecule has 0 atom stereocenters. The van der Waals surface area contributed by atoms with Gasteiger partial charge in [-0.1, -0.05) is 13.8 Å². The molecule has 2 N–H and O–H groups in total. The summed E-state index contributed by atoms with van der Waals surface area (Å²) in [5.41, 5.74) is 4.76. The van der Waals surface area contributed by atoms with Gasteiger partial charge in [-0.3, -0.25) is 5.43 Å². The van der Waals surface area contributed by atoms with E-state index >= 15 is 0 Å². The molecule has 112 valence electrons. The highest BCUT2D eigenvalue weighted by atomic mass is 16.3. The molecular formula is C15H16N6O. The van der Waals surface area contributed by atoms with Gasteiger partial charge >= 0.3 is 0 Å². The Balaban J connectivity index is 2.42. The first-order chi connectivity index (χ1) is 10.6. The van der Waals surface area contributed by atoms with Gasteiger partial charge in [-0.2, -0.15) is 15.6 Å². The maximum Gasteiger partial charge on any atom is 0.237 e. The van der Waals surface area contributed by atoms with Gasteiger partial charge in [-0.15, -0.1) is 0 Å². The lowest BCUT2D eigenvalue weighted by atomic mass is 10.2. The number of aliphatic hydroxyl groups is 1. The zero-order valence-electron chi connectivity index (χ0n) is 12.4. The third-order valence-electron chi connectivity index (χ3n) is 3.13. The van der Waals surface area contributed by atoms with Crippen LogP contribution in [0.25, 0.3) is 11.0 Å². The quantitative estimate of drug-likeness (QED) is 0.647. The Labute approximate surface area is 128 Å². The van der Waals surface area contributed by atoms with Crippen molar-refractivity contribution in [1.29, 1.82) is 10.5 Å². The summed E-state index contributed by atoms with van der Waals surface area (Å²) in [6.07, 6.45) is 0. The number of imidazole rings is 1. The topological polar surface area (TPSA) is 110 Å². The molecule has 0 spiro atoms. The molecular weight excluding hydrogens is 280 g/mol. The molecule has 1 heterocycles. The number of hydrogen-bond donors (Lipinski definition) is 2. The van der Waals surface area contributed by atoms with Crippen LogP contribution in [0.3, 0.4) is 0 Å². The minimum absolute atomic E-state index is 0.0448. The highest BCUT2D eigenvalue weighted by molar-refractivity contribution is 6.10. The first-order valence-electron chi connectivity index (χ1n) is 6.85. The molecule has 0 bridgehead atoms. The van der Waals surface area contributed by atoms with Crippen molar-refractivity contribution >= 4 is 22.4 Å². The maximum atomic E-state index is 9.22. The van der Waals surface area contributed by atoms with Crippen LogP contribution in [-0.4, -0.2) is 27.0 Å². The number of hydrazone groups is 1. The van der Waals surface area contributed by atoms with E-state index in [2.05, 4.69) is 15.5 Å². The van der Waals surface area contributed by atoms with Gasteiger partial charge in [0.25, 0.3) is 0 Å². The molecule has 7 nitrogen and oxygen atoms in total. The Hall–Kier alpha value is -2.90. The van der Waals surface area contributed by atoms with Crippen LogP contribution >= 0.6 is 0 Å². The molecule has 0 aliphatic rings. The van der Waals surface area contributed by atoms with Crippen molar-refractivity contribution in [1.82, 2.24) is 9.55 Å². The molecule has 0 aliphatic carbocycles. The number of aliphatic hydroxyl groups excluding tert-OH is 1. The number of nitriles is 2. The third kappa shape index (κ3) is 3.05. The van der Waals surface area contributed by atoms with Crippen molar-refractivity contribution in [2.75, 3.05) is 12.0 Å². The monoisotopic (exact) mass is 296 g/mol. The first kappa shape index (κ1) is 15.5. The van der Waals surface area contributed by atoms with E-state index < -0.39 is 0 Å². The molecule has 1 aromatic heterocycles. The Kier molecular flexibility index (Phi) is 4.72. The van der Waals surface area contributed by atoms with E-state index in [1.165, 1.54) is 0 Å². The van der Waals surface area contributed by atoms with Crippen LogP contribution in [0.5, 0.6) is 0 Å². The highest BCUT2D eigenvalue weighted by Gasteiger charge is 2.13. The van der Waals surface area contributed by atoms with Crippen molar-refractivity contribution in [3.8, 4) is 12.1 Å². The van der Waals surface area contributed by atoms with E-state index in [9.17, 15) is 5.11 Å². The molecule has 0 unspecified atom stereocenters. The van der Waals surface area contributed by atoms with E-state index in [0.29, 0.717) is 12.2 Å². The number of benzene rings is 1. The summed E-state index contributed by atoms with van der Waals surface area (Å²) in [5.74, 6) is 1.14. The summed E-state index contributed by atoms with van der Waals surface area (Å²) in [5, 5.41) is 30.2. The minimum Gasteiger partial charge on any atom is -0.395 e. The van der Waals surface area contributed by atoms with E-state index in [-0.39, 0.29) is 18.2 Å². The van der Waals surface area contributed by atoms with Gasteiger partial charge in [0.05, 0.1) is 23.3 Å². The number of nitrogens with zero attached hydrogens (tertiary/aromatic N) is 5. The summed E-state index contributed by atoms with van der Waals surface area (Å²) in [6, 6.07) is 8.83. The smallest absolute Gasteiger partial charge is 0.237 e. The number of fused-ring (bicyclic) bond motifs is 1. The molecule has 0 amide bonds. The van der Waals surface area contributed by atoms with Crippen LogP contribution in [0.2, 0.25) is 0 Å². The molecule has 2 aromatic rings. The van der Waals surface area contributed by atoms with Gasteiger partial charge in [0, 0.05) is 12.5 Å². The van der Waals surface area contributed by atoms with E-state index in [1.54, 1.807) is 24.3 Å². The van der Waals surface area contributed by atoms with E-state index in [0.717, 1.165) is 16.9 Å². The zero-order chi connectivity index (χ0) is 16.1. The van der Waals surface area contributed by atoms with Crippen molar-refractivity contribution < 1.29 is 5.11 Å². The molecule has 0 radical (unpaired) electrons. The van der Waals surface area contributed by atoms with E-state index in [4.69, 9.17) is 10.5 Å². The minimum atomic E-state index is -0.242. The van der Waals surface area contributed by atoms with Gasteiger partial charge < -0.3 is 9.67 Å². The normalized spacial score (nSPS) is 10.3. The Bertz CT molecular complexity index is 775. The molecule has 0 fully saturated rings. The summed E-state index contributed by atoms with van der Waals surface area (Å²) < 4.78 is 1.99.